The van der Waals surface area contributed by atoms with Crippen molar-refractivity contribution in [2.75, 3.05) is 0 Å². The summed E-state index contributed by atoms with van der Waals surface area (Å²) >= 11 is 0. The van der Waals surface area contributed by atoms with Crippen LogP contribution in [0.3, 0.4) is 0 Å². The molecule has 2 nitrogen and oxygen atoms in total. The van der Waals surface area contributed by atoms with Crippen LogP contribution in [0.1, 0.15) is 32.3 Å². The zero-order valence-corrected chi connectivity index (χ0v) is 9.36. The third kappa shape index (κ3) is 4.63. The second-order valence-corrected chi connectivity index (χ2v) is 4.32. The molecule has 82 valence electrons. The van der Waals surface area contributed by atoms with E-state index in [9.17, 15) is 9.90 Å². The van der Waals surface area contributed by atoms with E-state index in [-0.39, 0.29) is 11.5 Å². The third-order valence-electron chi connectivity index (χ3n) is 2.31. The molecule has 0 saturated heterocycles. The van der Waals surface area contributed by atoms with Crippen LogP contribution in [0.4, 0.5) is 0 Å². The highest BCUT2D eigenvalue weighted by Crippen LogP contribution is 2.13. The summed E-state index contributed by atoms with van der Waals surface area (Å²) in [5, 5.41) is 9.23. The van der Waals surface area contributed by atoms with Gasteiger partial charge in [0, 0.05) is 12.8 Å². The topological polar surface area (TPSA) is 37.3 Å². The van der Waals surface area contributed by atoms with Gasteiger partial charge in [-0.2, -0.15) is 0 Å². The van der Waals surface area contributed by atoms with E-state index >= 15 is 0 Å². The fraction of sp³-hybridized carbons (Fsp3) is 0.462. The maximum Gasteiger partial charge on any atom is 0.137 e. The smallest absolute Gasteiger partial charge is 0.137 e. The van der Waals surface area contributed by atoms with Crippen molar-refractivity contribution in [3.8, 4) is 5.75 Å². The van der Waals surface area contributed by atoms with Crippen LogP contribution >= 0.6 is 0 Å². The number of ketones is 1. The number of phenolic OH excluding ortho intramolecular Hbond substituents is 1. The number of carbonyl (C=O) groups excluding carboxylic acids is 1. The summed E-state index contributed by atoms with van der Waals surface area (Å²) in [5.41, 5.74) is 0.892. The number of Topliss-reactive ketones (excluding diaryl/α,β-unsaturated/α-hetero) is 1. The van der Waals surface area contributed by atoms with E-state index in [0.29, 0.717) is 18.8 Å². The Labute approximate surface area is 90.9 Å². The minimum Gasteiger partial charge on any atom is -0.508 e. The molecule has 2 heteroatoms. The van der Waals surface area contributed by atoms with Crippen LogP contribution in [0, 0.1) is 5.92 Å². The highest BCUT2D eigenvalue weighted by Gasteiger charge is 2.05. The number of rotatable bonds is 5. The van der Waals surface area contributed by atoms with Gasteiger partial charge in [-0.1, -0.05) is 26.0 Å². The van der Waals surface area contributed by atoms with Crippen molar-refractivity contribution < 1.29 is 9.90 Å². The number of hydrogen-bond donors (Lipinski definition) is 1. The quantitative estimate of drug-likeness (QED) is 0.804. The summed E-state index contributed by atoms with van der Waals surface area (Å²) in [4.78, 5) is 11.5. The number of benzene rings is 1. The first-order chi connectivity index (χ1) is 7.08. The molecule has 0 bridgehead atoms. The zero-order chi connectivity index (χ0) is 11.3. The molecule has 0 spiro atoms. The van der Waals surface area contributed by atoms with Crippen LogP contribution in [-0.2, 0) is 11.2 Å². The lowest BCUT2D eigenvalue weighted by Crippen LogP contribution is -2.04. The molecule has 0 radical (unpaired) electrons. The average molecular weight is 206 g/mol. The van der Waals surface area contributed by atoms with E-state index in [2.05, 4.69) is 13.8 Å². The van der Waals surface area contributed by atoms with Crippen molar-refractivity contribution in [3.05, 3.63) is 29.8 Å². The molecule has 0 amide bonds. The number of phenols is 1. The molecule has 1 N–H and O–H groups in total. The Bertz CT molecular complexity index is 329. The van der Waals surface area contributed by atoms with E-state index in [4.69, 9.17) is 0 Å². The largest absolute Gasteiger partial charge is 0.508 e. The van der Waals surface area contributed by atoms with Gasteiger partial charge in [0.05, 0.1) is 0 Å². The van der Waals surface area contributed by atoms with Gasteiger partial charge in [0.15, 0.2) is 0 Å². The molecule has 1 aromatic rings. The lowest BCUT2D eigenvalue weighted by Gasteiger charge is -2.04. The van der Waals surface area contributed by atoms with Crippen molar-refractivity contribution >= 4 is 5.78 Å². The second kappa shape index (κ2) is 5.54. The maximum absolute atomic E-state index is 11.5. The molecule has 0 aliphatic rings. The van der Waals surface area contributed by atoms with Crippen LogP contribution < -0.4 is 0 Å². The molecule has 0 saturated carbocycles. The van der Waals surface area contributed by atoms with Gasteiger partial charge in [0.25, 0.3) is 0 Å². The Morgan fingerprint density at radius 2 is 2.13 bits per heavy atom. The molecular formula is C13H18O2. The van der Waals surface area contributed by atoms with Gasteiger partial charge in [-0.15, -0.1) is 0 Å². The predicted octanol–water partition coefficient (Wildman–Crippen LogP) is 2.94. The summed E-state index contributed by atoms with van der Waals surface area (Å²) < 4.78 is 0. The molecule has 0 aliphatic carbocycles. The molecular weight excluding hydrogens is 188 g/mol. The first-order valence-corrected chi connectivity index (χ1v) is 5.37. The van der Waals surface area contributed by atoms with Gasteiger partial charge < -0.3 is 5.11 Å². The van der Waals surface area contributed by atoms with E-state index in [1.54, 1.807) is 18.2 Å². The Morgan fingerprint density at radius 1 is 1.40 bits per heavy atom. The fourth-order valence-electron chi connectivity index (χ4n) is 1.43. The second-order valence-electron chi connectivity index (χ2n) is 4.32. The summed E-state index contributed by atoms with van der Waals surface area (Å²) in [6.07, 6.45) is 2.01. The number of hydrogen-bond acceptors (Lipinski definition) is 2. The molecule has 0 fully saturated rings. The normalized spacial score (nSPS) is 10.6. The Balaban J connectivity index is 2.44. The van der Waals surface area contributed by atoms with Crippen molar-refractivity contribution in [2.45, 2.75) is 33.1 Å². The molecule has 0 aliphatic heterocycles. The van der Waals surface area contributed by atoms with Gasteiger partial charge in [-0.05, 0) is 30.0 Å². The summed E-state index contributed by atoms with van der Waals surface area (Å²) in [7, 11) is 0. The highest BCUT2D eigenvalue weighted by atomic mass is 16.3. The predicted molar refractivity (Wildman–Crippen MR) is 60.9 cm³/mol. The minimum absolute atomic E-state index is 0.226. The van der Waals surface area contributed by atoms with E-state index < -0.39 is 0 Å². The van der Waals surface area contributed by atoms with Crippen LogP contribution in [0.5, 0.6) is 5.75 Å². The minimum atomic E-state index is 0.226. The lowest BCUT2D eigenvalue weighted by molar-refractivity contribution is -0.118. The summed E-state index contributed by atoms with van der Waals surface area (Å²) in [6, 6.07) is 6.89. The molecule has 0 unspecified atom stereocenters. The number of carbonyl (C=O) groups is 1. The summed E-state index contributed by atoms with van der Waals surface area (Å²) in [6.45, 7) is 4.23. The monoisotopic (exact) mass is 206 g/mol. The number of aromatic hydroxyl groups is 1. The van der Waals surface area contributed by atoms with Crippen LogP contribution in [0.15, 0.2) is 24.3 Å². The van der Waals surface area contributed by atoms with Gasteiger partial charge in [-0.3, -0.25) is 4.79 Å². The molecule has 0 heterocycles. The molecule has 0 aromatic heterocycles. The standard InChI is InChI=1S/C13H18O2/c1-10(2)6-7-13(15)9-11-4-3-5-12(14)8-11/h3-5,8,10,14H,6-7,9H2,1-2H3. The van der Waals surface area contributed by atoms with Gasteiger partial charge in [0.2, 0.25) is 0 Å². The molecule has 1 aromatic carbocycles. The Morgan fingerprint density at radius 3 is 2.73 bits per heavy atom. The van der Waals surface area contributed by atoms with Crippen molar-refractivity contribution in [1.29, 1.82) is 0 Å². The average Bonchev–Trinajstić information content (AvgIpc) is 2.15. The zero-order valence-electron chi connectivity index (χ0n) is 9.36. The van der Waals surface area contributed by atoms with Crippen LogP contribution in [0.25, 0.3) is 0 Å². The Hall–Kier alpha value is -1.31. The maximum atomic E-state index is 11.5. The van der Waals surface area contributed by atoms with Gasteiger partial charge in [-0.25, -0.2) is 0 Å². The van der Waals surface area contributed by atoms with Crippen LogP contribution in [-0.4, -0.2) is 10.9 Å². The Kier molecular flexibility index (Phi) is 4.35. The van der Waals surface area contributed by atoms with E-state index in [1.807, 2.05) is 6.07 Å². The SMILES string of the molecule is CC(C)CCC(=O)Cc1cccc(O)c1. The molecule has 0 atom stereocenters. The third-order valence-corrected chi connectivity index (χ3v) is 2.31. The van der Waals surface area contributed by atoms with Crippen molar-refractivity contribution in [1.82, 2.24) is 0 Å². The molecule has 1 rings (SSSR count). The summed E-state index contributed by atoms with van der Waals surface area (Å²) in [5.74, 6) is 1.04. The van der Waals surface area contributed by atoms with E-state index in [0.717, 1.165) is 12.0 Å². The first kappa shape index (κ1) is 11.8. The van der Waals surface area contributed by atoms with Gasteiger partial charge in [0.1, 0.15) is 11.5 Å². The lowest BCUT2D eigenvalue weighted by atomic mass is 10.0. The fourth-order valence-corrected chi connectivity index (χ4v) is 1.43. The highest BCUT2D eigenvalue weighted by molar-refractivity contribution is 5.80. The first-order valence-electron chi connectivity index (χ1n) is 5.37. The van der Waals surface area contributed by atoms with Gasteiger partial charge >= 0.3 is 0 Å². The van der Waals surface area contributed by atoms with Crippen LogP contribution in [0.2, 0.25) is 0 Å². The van der Waals surface area contributed by atoms with Crippen molar-refractivity contribution in [2.24, 2.45) is 5.92 Å². The van der Waals surface area contributed by atoms with E-state index in [1.165, 1.54) is 0 Å². The van der Waals surface area contributed by atoms with Crippen molar-refractivity contribution in [3.63, 3.8) is 0 Å². The molecule has 15 heavy (non-hydrogen) atoms.